The molecule has 7 atom stereocenters. The number of hydrogen-bond acceptors (Lipinski definition) is 10. The summed E-state index contributed by atoms with van der Waals surface area (Å²) in [5.74, 6) is -5.06. The molecule has 66 heavy (non-hydrogen) atoms. The second-order valence-electron chi connectivity index (χ2n) is 16.8. The van der Waals surface area contributed by atoms with Crippen molar-refractivity contribution in [1.82, 2.24) is 36.8 Å². The van der Waals surface area contributed by atoms with E-state index in [0.29, 0.717) is 12.0 Å². The van der Waals surface area contributed by atoms with Crippen molar-refractivity contribution in [3.63, 3.8) is 0 Å². The summed E-state index contributed by atoms with van der Waals surface area (Å²) in [6.45, 7) is 3.46. The minimum Gasteiger partial charge on any atom is -0.508 e. The lowest BCUT2D eigenvalue weighted by Crippen LogP contribution is -2.60. The predicted molar refractivity (Wildman–Crippen MR) is 247 cm³/mol. The molecule has 1 aliphatic rings. The van der Waals surface area contributed by atoms with Gasteiger partial charge >= 0.3 is 12.0 Å². The van der Waals surface area contributed by atoms with E-state index in [0.717, 1.165) is 11.1 Å². The molecule has 9 N–H and O–H groups in total. The number of amides is 7. The number of aryl methyl sites for hydroxylation is 2. The summed E-state index contributed by atoms with van der Waals surface area (Å²) in [7, 11) is 0.0881. The Morgan fingerprint density at radius 3 is 1.91 bits per heavy atom. The monoisotopic (exact) mass is 933 g/mol. The molecule has 1 saturated heterocycles. The van der Waals surface area contributed by atoms with Gasteiger partial charge in [0, 0.05) is 42.8 Å². The zero-order valence-corrected chi connectivity index (χ0v) is 38.6. The standard InChI is InChI=1S/C47H63N7O11S/c1-29(2)40-44(60)50-37(23-17-30-13-19-33(55)20-14-30)45(61)54(3)39(24-18-31-15-21-34(56)22-16-31)43(59)49-36(25-27-66(4)65)41(57)48-26-9-8-12-35(42(58)53-40)51-47(64)52-38(46(62)63)28-32-10-6-5-7-11-32/h5-7,10-11,13-16,19-22,29,35-40,55-56H,8-9,12,17-18,23-28H2,1-4H3,(H,48,57)(H,49,59)(H,50,60)(H,53,58)(H,62,63)(H2,51,52,64). The second kappa shape index (κ2) is 25.8. The minimum atomic E-state index is -1.34. The molecule has 18 nitrogen and oxygen atoms in total. The van der Waals surface area contributed by atoms with Gasteiger partial charge in [0.15, 0.2) is 0 Å². The Morgan fingerprint density at radius 1 is 0.742 bits per heavy atom. The fourth-order valence-corrected chi connectivity index (χ4v) is 8.02. The molecule has 7 unspecified atom stereocenters. The summed E-state index contributed by atoms with van der Waals surface area (Å²) in [6, 6.07) is 12.9. The number of nitrogens with one attached hydrogen (secondary N) is 6. The van der Waals surface area contributed by atoms with Crippen molar-refractivity contribution < 1.29 is 53.1 Å². The third-order valence-electron chi connectivity index (χ3n) is 11.3. The van der Waals surface area contributed by atoms with E-state index in [9.17, 15) is 53.1 Å². The zero-order valence-electron chi connectivity index (χ0n) is 37.8. The van der Waals surface area contributed by atoms with Crippen molar-refractivity contribution in [1.29, 1.82) is 0 Å². The number of urea groups is 1. The lowest BCUT2D eigenvalue weighted by molar-refractivity contribution is -0.143. The molecule has 1 heterocycles. The molecule has 3 aromatic rings. The summed E-state index contributed by atoms with van der Waals surface area (Å²) in [5.41, 5.74) is 2.13. The van der Waals surface area contributed by atoms with Crippen LogP contribution in [0.4, 0.5) is 4.79 Å². The van der Waals surface area contributed by atoms with Crippen LogP contribution in [0.3, 0.4) is 0 Å². The summed E-state index contributed by atoms with van der Waals surface area (Å²) in [5, 5.41) is 45.8. The number of carbonyl (C=O) groups excluding carboxylic acids is 6. The maximum atomic E-state index is 14.7. The van der Waals surface area contributed by atoms with Gasteiger partial charge in [-0.2, -0.15) is 0 Å². The highest BCUT2D eigenvalue weighted by molar-refractivity contribution is 7.84. The third kappa shape index (κ3) is 16.8. The Morgan fingerprint density at radius 2 is 1.33 bits per heavy atom. The van der Waals surface area contributed by atoms with E-state index in [2.05, 4.69) is 31.9 Å². The first kappa shape index (κ1) is 52.1. The smallest absolute Gasteiger partial charge is 0.326 e. The molecular formula is C47H63N7O11S. The van der Waals surface area contributed by atoms with Crippen LogP contribution in [0.25, 0.3) is 0 Å². The van der Waals surface area contributed by atoms with E-state index in [-0.39, 0.29) is 75.2 Å². The minimum absolute atomic E-state index is 0.00775. The normalized spacial score (nSPS) is 21.4. The van der Waals surface area contributed by atoms with E-state index < -0.39 is 94.5 Å². The molecule has 358 valence electrons. The largest absolute Gasteiger partial charge is 0.508 e. The van der Waals surface area contributed by atoms with Crippen molar-refractivity contribution in [3.8, 4) is 11.5 Å². The Labute approximate surface area is 387 Å². The number of phenolic OH excluding ortho intramolecular Hbond substituents is 2. The maximum absolute atomic E-state index is 14.7. The van der Waals surface area contributed by atoms with Crippen molar-refractivity contribution in [3.05, 3.63) is 95.6 Å². The van der Waals surface area contributed by atoms with Gasteiger partial charge in [-0.3, -0.25) is 28.2 Å². The van der Waals surface area contributed by atoms with Crippen molar-refractivity contribution >= 4 is 52.3 Å². The van der Waals surface area contributed by atoms with E-state index in [4.69, 9.17) is 0 Å². The average Bonchev–Trinajstić information content (AvgIpc) is 3.28. The molecule has 4 rings (SSSR count). The molecular weight excluding hydrogens is 871 g/mol. The van der Waals surface area contributed by atoms with Crippen LogP contribution in [-0.4, -0.2) is 128 Å². The first-order valence-corrected chi connectivity index (χ1v) is 23.8. The molecule has 3 aromatic carbocycles. The van der Waals surface area contributed by atoms with Gasteiger partial charge in [-0.1, -0.05) is 68.4 Å². The van der Waals surface area contributed by atoms with Crippen molar-refractivity contribution in [2.45, 2.75) is 108 Å². The van der Waals surface area contributed by atoms with Crippen LogP contribution in [0.1, 0.15) is 69.1 Å². The molecule has 0 aliphatic carbocycles. The van der Waals surface area contributed by atoms with E-state index in [1.165, 1.54) is 42.5 Å². The van der Waals surface area contributed by atoms with Gasteiger partial charge in [-0.15, -0.1) is 0 Å². The van der Waals surface area contributed by atoms with Crippen molar-refractivity contribution in [2.75, 3.05) is 25.6 Å². The summed E-state index contributed by atoms with van der Waals surface area (Å²) in [6.07, 6.45) is 2.62. The lowest BCUT2D eigenvalue weighted by atomic mass is 9.98. The number of carboxylic acid groups (broad SMARTS) is 1. The van der Waals surface area contributed by atoms with Crippen LogP contribution >= 0.6 is 0 Å². The Balaban J connectivity index is 1.69. The molecule has 1 fully saturated rings. The van der Waals surface area contributed by atoms with Crippen LogP contribution in [0.2, 0.25) is 0 Å². The molecule has 0 bridgehead atoms. The SMILES string of the molecule is CC(C)C1NC(=O)C(NC(=O)NC(Cc2ccccc2)C(=O)O)CCCCNC(=O)C(CCS(C)=O)NC(=O)C(CCc2ccc(O)cc2)N(C)C(=O)C(CCc2ccc(O)cc2)NC1=O. The van der Waals surface area contributed by atoms with Crippen LogP contribution in [0, 0.1) is 5.92 Å². The highest BCUT2D eigenvalue weighted by Crippen LogP contribution is 2.18. The van der Waals surface area contributed by atoms with Gasteiger partial charge in [-0.25, -0.2) is 9.59 Å². The lowest BCUT2D eigenvalue weighted by Gasteiger charge is -2.33. The van der Waals surface area contributed by atoms with Crippen molar-refractivity contribution in [2.24, 2.45) is 5.92 Å². The molecule has 1 aliphatic heterocycles. The summed E-state index contributed by atoms with van der Waals surface area (Å²) in [4.78, 5) is 97.9. The summed E-state index contributed by atoms with van der Waals surface area (Å²) < 4.78 is 12.2. The van der Waals surface area contributed by atoms with Crippen LogP contribution in [0.5, 0.6) is 11.5 Å². The molecule has 7 amide bonds. The first-order valence-electron chi connectivity index (χ1n) is 22.1. The number of rotatable bonds is 15. The average molecular weight is 934 g/mol. The van der Waals surface area contributed by atoms with Crippen LogP contribution in [-0.2, 0) is 58.8 Å². The Hall–Kier alpha value is -6.50. The topological polar surface area (TPSA) is 273 Å². The second-order valence-corrected chi connectivity index (χ2v) is 18.4. The molecule has 0 aromatic heterocycles. The van der Waals surface area contributed by atoms with E-state index in [1.807, 2.05) is 0 Å². The fraction of sp³-hybridized carbons (Fsp3) is 0.468. The zero-order chi connectivity index (χ0) is 48.3. The predicted octanol–water partition coefficient (Wildman–Crippen LogP) is 2.03. The fourth-order valence-electron chi connectivity index (χ4n) is 7.45. The number of phenols is 2. The van der Waals surface area contributed by atoms with Gasteiger partial charge < -0.3 is 52.1 Å². The number of likely N-dealkylation sites (N-methyl/N-ethyl adjacent to an activating group) is 1. The molecule has 0 spiro atoms. The number of carbonyl (C=O) groups is 7. The Kier molecular flexibility index (Phi) is 20.4. The first-order chi connectivity index (χ1) is 31.4. The molecule has 0 saturated carbocycles. The highest BCUT2D eigenvalue weighted by atomic mass is 32.2. The van der Waals surface area contributed by atoms with Crippen LogP contribution in [0.15, 0.2) is 78.9 Å². The maximum Gasteiger partial charge on any atom is 0.326 e. The van der Waals surface area contributed by atoms with Gasteiger partial charge in [0.25, 0.3) is 0 Å². The number of nitrogens with zero attached hydrogens (tertiary/aromatic N) is 1. The van der Waals surface area contributed by atoms with E-state index in [1.54, 1.807) is 68.4 Å². The number of aliphatic carboxylic acids is 1. The number of aromatic hydroxyl groups is 2. The van der Waals surface area contributed by atoms with Crippen LogP contribution < -0.4 is 31.9 Å². The molecule has 0 radical (unpaired) electrons. The van der Waals surface area contributed by atoms with Gasteiger partial charge in [0.2, 0.25) is 29.5 Å². The Bertz CT molecular complexity index is 2140. The quantitative estimate of drug-likeness (QED) is 0.106. The van der Waals surface area contributed by atoms with E-state index >= 15 is 0 Å². The summed E-state index contributed by atoms with van der Waals surface area (Å²) >= 11 is 0. The third-order valence-corrected chi connectivity index (χ3v) is 12.1. The van der Waals surface area contributed by atoms with Gasteiger partial charge in [0.05, 0.1) is 0 Å². The van der Waals surface area contributed by atoms with Gasteiger partial charge in [0.1, 0.15) is 47.8 Å². The molecule has 19 heteroatoms. The number of hydrogen-bond donors (Lipinski definition) is 9. The highest BCUT2D eigenvalue weighted by Gasteiger charge is 2.37. The number of benzene rings is 3. The van der Waals surface area contributed by atoms with Gasteiger partial charge in [-0.05, 0) is 98.2 Å². The number of carboxylic acids is 1.